The van der Waals surface area contributed by atoms with E-state index in [0.29, 0.717) is 32.1 Å². The van der Waals surface area contributed by atoms with Crippen molar-refractivity contribution >= 4 is 39.5 Å². The van der Waals surface area contributed by atoms with Crippen molar-refractivity contribution in [3.05, 3.63) is 182 Å². The van der Waals surface area contributed by atoms with Crippen molar-refractivity contribution in [2.75, 3.05) is 39.6 Å². The highest BCUT2D eigenvalue weighted by Gasteiger charge is 2.30. The van der Waals surface area contributed by atoms with Gasteiger partial charge >= 0.3 is 39.5 Å². The van der Waals surface area contributed by atoms with Crippen LogP contribution in [0.3, 0.4) is 0 Å². The number of ether oxygens (including phenoxy) is 4. The average Bonchev–Trinajstić information content (AvgIpc) is 0.939. The molecule has 588 valence electrons. The van der Waals surface area contributed by atoms with E-state index in [-0.39, 0.29) is 25.7 Å². The Morgan fingerprint density at radius 3 is 0.904 bits per heavy atom. The molecular formula is C85H136O17P2. The Morgan fingerprint density at radius 1 is 0.288 bits per heavy atom. The van der Waals surface area contributed by atoms with E-state index in [2.05, 4.69) is 174 Å². The van der Waals surface area contributed by atoms with E-state index in [1.165, 1.54) is 25.7 Å². The molecule has 0 aliphatic heterocycles. The smallest absolute Gasteiger partial charge is 0.462 e. The first-order valence-corrected chi connectivity index (χ1v) is 42.0. The lowest BCUT2D eigenvalue weighted by molar-refractivity contribution is -0.161. The van der Waals surface area contributed by atoms with Crippen LogP contribution in [0.1, 0.15) is 272 Å². The molecule has 5 unspecified atom stereocenters. The number of allylic oxidation sites excluding steroid dienone is 29. The lowest BCUT2D eigenvalue weighted by Gasteiger charge is -2.21. The number of phosphoric acid groups is 2. The Balaban J connectivity index is 5.49. The number of esters is 4. The second-order valence-corrected chi connectivity index (χ2v) is 28.1. The summed E-state index contributed by atoms with van der Waals surface area (Å²) in [6, 6.07) is 0. The number of aliphatic hydroxyl groups is 1. The monoisotopic (exact) mass is 1490 g/mol. The predicted molar refractivity (Wildman–Crippen MR) is 426 cm³/mol. The lowest BCUT2D eigenvalue weighted by Crippen LogP contribution is -2.30. The Morgan fingerprint density at radius 2 is 0.548 bits per heavy atom. The SMILES string of the molecule is CC/C=C\C/C=C\C/C=C\C/C=C\C/C=C\CCCC(=O)OCC(COP(=O)(O)OCC(O)COP(=O)(O)OCC(COC(=O)CCCCCCCC/C=C\C/C=C\C/C=C\C/C=C\CC)OC(=O)CCCCCCC/C=C\CCCCCC)OC(=O)C/C=C\C/C=C\C/C=C\C/C=C\C/C=C\CC. The minimum Gasteiger partial charge on any atom is -0.462 e. The van der Waals surface area contributed by atoms with Gasteiger partial charge in [0, 0.05) is 19.3 Å². The molecule has 0 radical (unpaired) electrons. The molecule has 0 spiro atoms. The summed E-state index contributed by atoms with van der Waals surface area (Å²) in [6.07, 6.45) is 90.6. The molecule has 0 saturated carbocycles. The number of hydrogen-bond acceptors (Lipinski definition) is 15. The third-order valence-electron chi connectivity index (χ3n) is 15.4. The second kappa shape index (κ2) is 75.4. The Kier molecular flexibility index (Phi) is 71.2. The molecule has 104 heavy (non-hydrogen) atoms. The Labute approximate surface area is 628 Å². The molecule has 0 bridgehead atoms. The molecule has 0 heterocycles. The van der Waals surface area contributed by atoms with Gasteiger partial charge in [0.15, 0.2) is 12.2 Å². The van der Waals surface area contributed by atoms with Crippen LogP contribution in [0.5, 0.6) is 0 Å². The number of rotatable bonds is 71. The fourth-order valence-electron chi connectivity index (χ4n) is 9.55. The lowest BCUT2D eigenvalue weighted by atomic mass is 10.1. The number of hydrogen-bond donors (Lipinski definition) is 3. The normalized spacial score (nSPS) is 14.9. The van der Waals surface area contributed by atoms with Gasteiger partial charge in [-0.1, -0.05) is 274 Å². The molecule has 0 rings (SSSR count). The molecular weight excluding hydrogens is 1350 g/mol. The van der Waals surface area contributed by atoms with Gasteiger partial charge in [0.2, 0.25) is 0 Å². The van der Waals surface area contributed by atoms with Crippen LogP contribution in [-0.2, 0) is 65.4 Å². The summed E-state index contributed by atoms with van der Waals surface area (Å²) >= 11 is 0. The van der Waals surface area contributed by atoms with E-state index in [0.717, 1.165) is 161 Å². The van der Waals surface area contributed by atoms with E-state index >= 15 is 0 Å². The van der Waals surface area contributed by atoms with Crippen molar-refractivity contribution in [3.63, 3.8) is 0 Å². The van der Waals surface area contributed by atoms with Crippen molar-refractivity contribution in [1.29, 1.82) is 0 Å². The quantitative estimate of drug-likeness (QED) is 0.0169. The van der Waals surface area contributed by atoms with Gasteiger partial charge < -0.3 is 33.8 Å². The van der Waals surface area contributed by atoms with Crippen LogP contribution in [-0.4, -0.2) is 96.7 Å². The number of carbonyl (C=O) groups excluding carboxylic acids is 4. The van der Waals surface area contributed by atoms with Gasteiger partial charge in [0.25, 0.3) is 0 Å². The third kappa shape index (κ3) is 74.4. The Bertz CT molecular complexity index is 2690. The summed E-state index contributed by atoms with van der Waals surface area (Å²) in [5.74, 6) is -2.43. The van der Waals surface area contributed by atoms with Gasteiger partial charge in [-0.2, -0.15) is 0 Å². The maximum Gasteiger partial charge on any atom is 0.472 e. The van der Waals surface area contributed by atoms with Crippen LogP contribution in [0.4, 0.5) is 0 Å². The number of phosphoric ester groups is 2. The summed E-state index contributed by atoms with van der Waals surface area (Å²) in [5.41, 5.74) is 0. The van der Waals surface area contributed by atoms with E-state index in [1.54, 1.807) is 12.2 Å². The van der Waals surface area contributed by atoms with Crippen molar-refractivity contribution in [3.8, 4) is 0 Å². The maximum atomic E-state index is 13.1. The first-order valence-electron chi connectivity index (χ1n) is 39.0. The summed E-state index contributed by atoms with van der Waals surface area (Å²) in [7, 11) is -10.0. The highest BCUT2D eigenvalue weighted by molar-refractivity contribution is 7.47. The van der Waals surface area contributed by atoms with Crippen LogP contribution >= 0.6 is 15.6 Å². The minimum absolute atomic E-state index is 0.0566. The van der Waals surface area contributed by atoms with Gasteiger partial charge in [-0.25, -0.2) is 9.13 Å². The number of aliphatic hydroxyl groups excluding tert-OH is 1. The highest BCUT2D eigenvalue weighted by atomic mass is 31.2. The zero-order valence-electron chi connectivity index (χ0n) is 64.1. The standard InChI is InChI=1S/C85H136O17P2/c1-5-9-13-17-21-25-29-33-36-38-39-41-44-47-50-54-58-62-66-70-83(88)95-75-80(101-84(89)71-67-63-59-55-51-45-32-28-24-20-16-12-8-4)77-99-103(91,92)97-73-79(86)74-98-104(93,94)100-78-81(102-85(90)72-68-64-60-56-52-48-42-35-31-27-23-19-15-11-7-3)76-96-82(87)69-65-61-57-53-49-46-43-40-37-34-30-26-22-18-14-10-6-2/h9-11,13-15,21-23,25-28,32-37,39,41-43,46,52-53,56-57,64,68,79-81,86H,5-8,12,16-20,24,29-31,38,40,44-45,47-51,54-55,58-63,65-67,69-78H2,1-4H3,(H,91,92)(H,93,94)/b13-9-,14-10-,15-11-,25-21-,26-22-,27-23-,32-28-,36-33-,37-34-,41-39-,42-35-,46-43-,56-52-,57-53-,68-64-. The van der Waals surface area contributed by atoms with Gasteiger partial charge in [0.1, 0.15) is 19.3 Å². The van der Waals surface area contributed by atoms with E-state index in [4.69, 9.17) is 37.0 Å². The van der Waals surface area contributed by atoms with Crippen molar-refractivity contribution in [2.24, 2.45) is 0 Å². The molecule has 0 aromatic rings. The van der Waals surface area contributed by atoms with Crippen LogP contribution in [0.25, 0.3) is 0 Å². The number of unbranched alkanes of at least 4 members (excludes halogenated alkanes) is 16. The topological polar surface area (TPSA) is 237 Å². The predicted octanol–water partition coefficient (Wildman–Crippen LogP) is 22.8. The molecule has 0 aliphatic carbocycles. The van der Waals surface area contributed by atoms with E-state index in [9.17, 15) is 43.2 Å². The van der Waals surface area contributed by atoms with Crippen LogP contribution < -0.4 is 0 Å². The fraction of sp³-hybridized carbons (Fsp3) is 0.600. The van der Waals surface area contributed by atoms with Gasteiger partial charge in [-0.15, -0.1) is 0 Å². The molecule has 3 N–H and O–H groups in total. The maximum absolute atomic E-state index is 13.1. The molecule has 0 fully saturated rings. The van der Waals surface area contributed by atoms with Gasteiger partial charge in [0.05, 0.1) is 32.8 Å². The minimum atomic E-state index is -5.02. The Hall–Kier alpha value is -5.84. The van der Waals surface area contributed by atoms with Gasteiger partial charge in [-0.3, -0.25) is 37.3 Å². The van der Waals surface area contributed by atoms with E-state index < -0.39 is 97.5 Å². The van der Waals surface area contributed by atoms with Crippen LogP contribution in [0.15, 0.2) is 182 Å². The largest absolute Gasteiger partial charge is 0.472 e. The first-order chi connectivity index (χ1) is 50.7. The molecule has 0 amide bonds. The molecule has 0 aliphatic rings. The van der Waals surface area contributed by atoms with Gasteiger partial charge in [-0.05, 0) is 154 Å². The molecule has 0 aromatic carbocycles. The molecule has 0 saturated heterocycles. The second-order valence-electron chi connectivity index (χ2n) is 25.2. The van der Waals surface area contributed by atoms with Crippen molar-refractivity contribution in [1.82, 2.24) is 0 Å². The number of carbonyl (C=O) groups is 4. The zero-order valence-corrected chi connectivity index (χ0v) is 65.9. The van der Waals surface area contributed by atoms with E-state index in [1.807, 2.05) is 24.3 Å². The van der Waals surface area contributed by atoms with Crippen molar-refractivity contribution in [2.45, 2.75) is 290 Å². The van der Waals surface area contributed by atoms with Crippen LogP contribution in [0.2, 0.25) is 0 Å². The molecule has 19 heteroatoms. The summed E-state index contributed by atoms with van der Waals surface area (Å²) in [6.45, 7) is 4.28. The fourth-order valence-corrected chi connectivity index (χ4v) is 11.1. The molecule has 17 nitrogen and oxygen atoms in total. The third-order valence-corrected chi connectivity index (χ3v) is 17.3. The average molecular weight is 1490 g/mol. The summed E-state index contributed by atoms with van der Waals surface area (Å²) < 4.78 is 68.3. The molecule has 5 atom stereocenters. The molecule has 0 aromatic heterocycles. The summed E-state index contributed by atoms with van der Waals surface area (Å²) in [4.78, 5) is 72.9. The zero-order chi connectivity index (χ0) is 76.0. The van der Waals surface area contributed by atoms with Crippen molar-refractivity contribution < 1.29 is 80.2 Å². The highest BCUT2D eigenvalue weighted by Crippen LogP contribution is 2.45. The summed E-state index contributed by atoms with van der Waals surface area (Å²) in [5, 5.41) is 10.6. The van der Waals surface area contributed by atoms with Crippen LogP contribution in [0, 0.1) is 0 Å². The first kappa shape index (κ1) is 98.2.